The van der Waals surface area contributed by atoms with Crippen molar-refractivity contribution < 1.29 is 14.7 Å². The summed E-state index contributed by atoms with van der Waals surface area (Å²) >= 11 is 0. The topological polar surface area (TPSA) is 108 Å². The molecule has 30 heavy (non-hydrogen) atoms. The van der Waals surface area contributed by atoms with Crippen LogP contribution in [0.25, 0.3) is 22.7 Å². The first-order valence-corrected chi connectivity index (χ1v) is 9.26. The molecule has 148 valence electrons. The quantitative estimate of drug-likeness (QED) is 0.429. The van der Waals surface area contributed by atoms with Gasteiger partial charge in [0.05, 0.1) is 23.9 Å². The van der Waals surface area contributed by atoms with Gasteiger partial charge in [-0.15, -0.1) is 0 Å². The van der Waals surface area contributed by atoms with E-state index in [0.717, 1.165) is 5.56 Å². The van der Waals surface area contributed by atoms with E-state index in [1.165, 1.54) is 0 Å². The Morgan fingerprint density at radius 2 is 1.93 bits per heavy atom. The molecule has 3 heterocycles. The van der Waals surface area contributed by atoms with Crippen LogP contribution in [0.4, 0.5) is 5.69 Å². The summed E-state index contributed by atoms with van der Waals surface area (Å²) in [4.78, 5) is 35.5. The van der Waals surface area contributed by atoms with E-state index >= 15 is 0 Å². The molecule has 3 N–H and O–H groups in total. The number of hydrogen-bond acceptors (Lipinski definition) is 4. The molecule has 1 aromatic carbocycles. The van der Waals surface area contributed by atoms with Gasteiger partial charge in [0.2, 0.25) is 5.91 Å². The third-order valence-corrected chi connectivity index (χ3v) is 4.55. The van der Waals surface area contributed by atoms with E-state index in [9.17, 15) is 14.7 Å². The highest BCUT2D eigenvalue weighted by atomic mass is 16.4. The minimum Gasteiger partial charge on any atom is -0.478 e. The number of carboxylic acid groups (broad SMARTS) is 1. The number of carboxylic acids is 1. The number of fused-ring (bicyclic) bond motifs is 1. The minimum absolute atomic E-state index is 0.169. The fourth-order valence-corrected chi connectivity index (χ4v) is 3.15. The predicted molar refractivity (Wildman–Crippen MR) is 115 cm³/mol. The molecule has 0 unspecified atom stereocenters. The molecule has 4 rings (SSSR count). The summed E-state index contributed by atoms with van der Waals surface area (Å²) in [5.41, 5.74) is 3.38. The number of pyridine rings is 2. The van der Waals surface area contributed by atoms with Gasteiger partial charge in [-0.25, -0.2) is 9.78 Å². The Hall–Kier alpha value is -4.26. The third-order valence-electron chi connectivity index (χ3n) is 4.55. The molecule has 7 heteroatoms. The van der Waals surface area contributed by atoms with Crippen LogP contribution in [-0.4, -0.2) is 31.9 Å². The molecule has 1 amide bonds. The monoisotopic (exact) mass is 398 g/mol. The van der Waals surface area contributed by atoms with Gasteiger partial charge in [-0.3, -0.25) is 9.78 Å². The maximum absolute atomic E-state index is 12.3. The van der Waals surface area contributed by atoms with Crippen molar-refractivity contribution in [3.05, 3.63) is 90.0 Å². The molecule has 0 spiro atoms. The minimum atomic E-state index is -1.02. The number of nitrogens with one attached hydrogen (secondary N) is 2. The lowest BCUT2D eigenvalue weighted by Gasteiger charge is -2.06. The molecule has 3 aromatic heterocycles. The molecular weight excluding hydrogens is 380 g/mol. The van der Waals surface area contributed by atoms with Crippen molar-refractivity contribution in [1.82, 2.24) is 15.0 Å². The van der Waals surface area contributed by atoms with E-state index < -0.39 is 5.97 Å². The highest BCUT2D eigenvalue weighted by Crippen LogP contribution is 2.25. The summed E-state index contributed by atoms with van der Waals surface area (Å²) in [6, 6.07) is 14.3. The lowest BCUT2D eigenvalue weighted by Crippen LogP contribution is -2.14. The summed E-state index contributed by atoms with van der Waals surface area (Å²) in [7, 11) is 0. The van der Waals surface area contributed by atoms with Gasteiger partial charge in [0.1, 0.15) is 5.65 Å². The van der Waals surface area contributed by atoms with Crippen LogP contribution in [-0.2, 0) is 16.0 Å². The van der Waals surface area contributed by atoms with Crippen LogP contribution in [0.15, 0.2) is 73.3 Å². The fraction of sp³-hybridized carbons (Fsp3) is 0.0435. The first-order chi connectivity index (χ1) is 14.6. The number of aromatic amines is 1. The number of anilines is 1. The summed E-state index contributed by atoms with van der Waals surface area (Å²) in [5, 5.41) is 13.2. The normalized spacial score (nSPS) is 11.4. The van der Waals surface area contributed by atoms with Gasteiger partial charge >= 0.3 is 5.97 Å². The number of rotatable bonds is 6. The van der Waals surface area contributed by atoms with Gasteiger partial charge in [0.15, 0.2) is 0 Å². The van der Waals surface area contributed by atoms with Crippen molar-refractivity contribution in [1.29, 1.82) is 0 Å². The van der Waals surface area contributed by atoms with Crippen LogP contribution in [0.2, 0.25) is 0 Å². The molecule has 0 fully saturated rings. The standard InChI is InChI=1S/C23H18N4O3/c28-21(9-15-5-4-8-24-12-15)27-18-11-19-17(13-25-22(19)26-14-18)10-20(23(29)30)16-6-2-1-3-7-16/h1-8,10-14H,9H2,(H,25,26)(H,27,28)(H,29,30)/b20-10-. The zero-order chi connectivity index (χ0) is 20.9. The number of hydrogen-bond donors (Lipinski definition) is 3. The van der Waals surface area contributed by atoms with E-state index in [1.54, 1.807) is 67.3 Å². The molecule has 7 nitrogen and oxygen atoms in total. The van der Waals surface area contributed by atoms with E-state index in [4.69, 9.17) is 0 Å². The summed E-state index contributed by atoms with van der Waals surface area (Å²) in [6.45, 7) is 0. The van der Waals surface area contributed by atoms with E-state index in [2.05, 4.69) is 20.3 Å². The van der Waals surface area contributed by atoms with E-state index in [-0.39, 0.29) is 17.9 Å². The van der Waals surface area contributed by atoms with Crippen molar-refractivity contribution in [3.8, 4) is 0 Å². The van der Waals surface area contributed by atoms with E-state index in [1.807, 2.05) is 12.1 Å². The Morgan fingerprint density at radius 1 is 1.10 bits per heavy atom. The van der Waals surface area contributed by atoms with Gasteiger partial charge in [-0.05, 0) is 29.3 Å². The Bertz CT molecular complexity index is 1230. The maximum atomic E-state index is 12.3. The number of benzene rings is 1. The maximum Gasteiger partial charge on any atom is 0.336 e. The second-order valence-electron chi connectivity index (χ2n) is 6.68. The van der Waals surface area contributed by atoms with Crippen LogP contribution < -0.4 is 5.32 Å². The number of H-pyrrole nitrogens is 1. The van der Waals surface area contributed by atoms with Crippen LogP contribution in [0.3, 0.4) is 0 Å². The van der Waals surface area contributed by atoms with Gasteiger partial charge in [0.25, 0.3) is 0 Å². The molecular formula is C23H18N4O3. The summed E-state index contributed by atoms with van der Waals surface area (Å²) in [5.74, 6) is -1.21. The van der Waals surface area contributed by atoms with Crippen LogP contribution in [0.1, 0.15) is 16.7 Å². The summed E-state index contributed by atoms with van der Waals surface area (Å²) in [6.07, 6.45) is 8.35. The Balaban J connectivity index is 1.63. The van der Waals surface area contributed by atoms with Crippen molar-refractivity contribution in [2.45, 2.75) is 6.42 Å². The number of nitrogens with zero attached hydrogens (tertiary/aromatic N) is 2. The lowest BCUT2D eigenvalue weighted by molar-refractivity contribution is -0.130. The van der Waals surface area contributed by atoms with Gasteiger partial charge in [-0.1, -0.05) is 36.4 Å². The van der Waals surface area contributed by atoms with Crippen molar-refractivity contribution in [2.24, 2.45) is 0 Å². The average Bonchev–Trinajstić information content (AvgIpc) is 3.15. The van der Waals surface area contributed by atoms with Gasteiger partial charge in [0, 0.05) is 29.5 Å². The second kappa shape index (κ2) is 8.40. The predicted octanol–water partition coefficient (Wildman–Crippen LogP) is 3.76. The van der Waals surface area contributed by atoms with Crippen LogP contribution in [0, 0.1) is 0 Å². The van der Waals surface area contributed by atoms with Gasteiger partial charge in [-0.2, -0.15) is 0 Å². The van der Waals surface area contributed by atoms with Crippen molar-refractivity contribution in [3.63, 3.8) is 0 Å². The smallest absolute Gasteiger partial charge is 0.336 e. The highest BCUT2D eigenvalue weighted by molar-refractivity contribution is 6.21. The number of carbonyl (C=O) groups excluding carboxylic acids is 1. The molecule has 0 aliphatic rings. The third kappa shape index (κ3) is 4.25. The SMILES string of the molecule is O=C(Cc1cccnc1)Nc1cnc2[nH]cc(/C=C(\C(=O)O)c3ccccc3)c2c1. The molecule has 0 aliphatic heterocycles. The zero-order valence-corrected chi connectivity index (χ0v) is 15.9. The molecule has 0 saturated heterocycles. The largest absolute Gasteiger partial charge is 0.478 e. The number of aromatic nitrogens is 3. The molecule has 0 radical (unpaired) electrons. The number of aliphatic carboxylic acids is 1. The first-order valence-electron chi connectivity index (χ1n) is 9.26. The lowest BCUT2D eigenvalue weighted by atomic mass is 10.0. The van der Waals surface area contributed by atoms with Crippen molar-refractivity contribution in [2.75, 3.05) is 5.32 Å². The highest BCUT2D eigenvalue weighted by Gasteiger charge is 2.13. The molecule has 0 aliphatic carbocycles. The second-order valence-corrected chi connectivity index (χ2v) is 6.68. The number of amides is 1. The van der Waals surface area contributed by atoms with Crippen LogP contribution in [0.5, 0.6) is 0 Å². The van der Waals surface area contributed by atoms with Crippen LogP contribution >= 0.6 is 0 Å². The zero-order valence-electron chi connectivity index (χ0n) is 15.9. The first kappa shape index (κ1) is 19.1. The molecule has 0 saturated carbocycles. The summed E-state index contributed by atoms with van der Waals surface area (Å²) < 4.78 is 0. The molecule has 0 atom stereocenters. The Labute approximate surface area is 172 Å². The molecule has 4 aromatic rings. The Morgan fingerprint density at radius 3 is 2.67 bits per heavy atom. The van der Waals surface area contributed by atoms with E-state index in [0.29, 0.717) is 27.8 Å². The average molecular weight is 398 g/mol. The Kier molecular flexibility index (Phi) is 5.34. The number of carbonyl (C=O) groups is 2. The molecule has 0 bridgehead atoms. The van der Waals surface area contributed by atoms with Gasteiger partial charge < -0.3 is 15.4 Å². The fourth-order valence-electron chi connectivity index (χ4n) is 3.15. The van der Waals surface area contributed by atoms with Crippen molar-refractivity contribution >= 4 is 40.2 Å².